The van der Waals surface area contributed by atoms with E-state index in [4.69, 9.17) is 15.5 Å². The van der Waals surface area contributed by atoms with E-state index >= 15 is 0 Å². The van der Waals surface area contributed by atoms with Crippen molar-refractivity contribution in [2.24, 2.45) is 5.73 Å². The first-order valence-electron chi connectivity index (χ1n) is 16.8. The molecule has 276 valence electrons. The highest BCUT2D eigenvalue weighted by Gasteiger charge is 2.30. The lowest BCUT2D eigenvalue weighted by Gasteiger charge is -2.34. The lowest BCUT2D eigenvalue weighted by atomic mass is 10.0. The average Bonchev–Trinajstić information content (AvgIpc) is 3.63. The summed E-state index contributed by atoms with van der Waals surface area (Å²) in [5.74, 6) is 0.806. The molecule has 19 heteroatoms. The second-order valence-electron chi connectivity index (χ2n) is 12.4. The molecule has 1 saturated heterocycles. The van der Waals surface area contributed by atoms with Crippen LogP contribution in [0.25, 0.3) is 11.0 Å². The largest absolute Gasteiger partial charge is 0.447 e. The third kappa shape index (κ3) is 9.13. The molecule has 1 atom stereocenters. The molecule has 17 nitrogen and oxygen atoms in total. The van der Waals surface area contributed by atoms with Crippen molar-refractivity contribution in [2.45, 2.75) is 58.0 Å². The van der Waals surface area contributed by atoms with Gasteiger partial charge in [-0.1, -0.05) is 12.8 Å². The van der Waals surface area contributed by atoms with Crippen LogP contribution < -0.4 is 31.5 Å². The van der Waals surface area contributed by atoms with Crippen molar-refractivity contribution < 1.29 is 27.5 Å². The number of pyridine rings is 2. The third-order valence-electron chi connectivity index (χ3n) is 9.00. The number of nitrogens with one attached hydrogen (secondary N) is 3. The van der Waals surface area contributed by atoms with Crippen LogP contribution in [-0.2, 0) is 19.7 Å². The number of anilines is 3. The molecule has 0 spiro atoms. The third-order valence-corrected chi connectivity index (χ3v) is 11.1. The molecule has 4 heterocycles. The molecule has 0 radical (unpaired) electrons. The summed E-state index contributed by atoms with van der Waals surface area (Å²) in [7, 11) is -4.15. The Bertz CT molecular complexity index is 1910. The van der Waals surface area contributed by atoms with E-state index < -0.39 is 22.3 Å². The molecule has 0 bridgehead atoms. The summed E-state index contributed by atoms with van der Waals surface area (Å²) in [6, 6.07) is 2.88. The number of thioether (sulfide) groups is 1. The van der Waals surface area contributed by atoms with Crippen molar-refractivity contribution in [2.75, 3.05) is 61.6 Å². The molecule has 2 fully saturated rings. The van der Waals surface area contributed by atoms with Crippen LogP contribution in [0.15, 0.2) is 29.3 Å². The first-order valence-corrected chi connectivity index (χ1v) is 19.6. The first-order chi connectivity index (χ1) is 24.4. The van der Waals surface area contributed by atoms with E-state index in [1.165, 1.54) is 6.92 Å². The van der Waals surface area contributed by atoms with Crippen molar-refractivity contribution >= 4 is 68.2 Å². The summed E-state index contributed by atoms with van der Waals surface area (Å²) < 4.78 is 35.2. The van der Waals surface area contributed by atoms with Crippen molar-refractivity contribution in [1.29, 1.82) is 0 Å². The Balaban J connectivity index is 1.15. The van der Waals surface area contributed by atoms with Crippen molar-refractivity contribution in [3.05, 3.63) is 46.0 Å². The van der Waals surface area contributed by atoms with Crippen molar-refractivity contribution in [1.82, 2.24) is 33.9 Å². The lowest BCUT2D eigenvalue weighted by Crippen LogP contribution is -2.53. The number of carbonyl (C=O) groups is 3. The number of hydrogen-bond acceptors (Lipinski definition) is 14. The van der Waals surface area contributed by atoms with Crippen LogP contribution in [0.4, 0.5) is 22.2 Å². The highest BCUT2D eigenvalue weighted by molar-refractivity contribution is 7.98. The summed E-state index contributed by atoms with van der Waals surface area (Å²) in [6.07, 6.45) is 8.24. The first kappa shape index (κ1) is 37.9. The molecule has 5 N–H and O–H groups in total. The molecule has 1 aliphatic carbocycles. The van der Waals surface area contributed by atoms with Crippen molar-refractivity contribution in [3.63, 3.8) is 0 Å². The maximum atomic E-state index is 13.5. The number of ketones is 1. The fourth-order valence-corrected chi connectivity index (χ4v) is 7.81. The van der Waals surface area contributed by atoms with E-state index in [1.54, 1.807) is 41.7 Å². The number of Topliss-reactive ketones (excluding diaryl/α,β-unsaturated/α-hetero) is 1. The molecule has 3 aromatic rings. The average molecular weight is 745 g/mol. The van der Waals surface area contributed by atoms with Gasteiger partial charge in [-0.3, -0.25) is 19.0 Å². The monoisotopic (exact) mass is 744 g/mol. The van der Waals surface area contributed by atoms with E-state index in [9.17, 15) is 27.6 Å². The van der Waals surface area contributed by atoms with Gasteiger partial charge in [0, 0.05) is 43.8 Å². The zero-order chi connectivity index (χ0) is 36.7. The number of amides is 2. The minimum Gasteiger partial charge on any atom is -0.447 e. The number of nitrogens with two attached hydrogens (primary N) is 1. The fourth-order valence-electron chi connectivity index (χ4n) is 6.28. The quantitative estimate of drug-likeness (QED) is 0.137. The van der Waals surface area contributed by atoms with E-state index in [-0.39, 0.29) is 61.0 Å². The Labute approximate surface area is 300 Å². The minimum atomic E-state index is -4.15. The van der Waals surface area contributed by atoms with Gasteiger partial charge in [0.15, 0.2) is 5.78 Å². The van der Waals surface area contributed by atoms with E-state index in [0.29, 0.717) is 41.9 Å². The van der Waals surface area contributed by atoms with Gasteiger partial charge < -0.3 is 26.0 Å². The molecule has 1 aliphatic heterocycles. The normalized spacial score (nSPS) is 16.2. The zero-order valence-corrected chi connectivity index (χ0v) is 30.5. The smallest absolute Gasteiger partial charge is 0.421 e. The Morgan fingerprint density at radius 1 is 1.10 bits per heavy atom. The van der Waals surface area contributed by atoms with E-state index in [1.807, 2.05) is 21.9 Å². The van der Waals surface area contributed by atoms with Crippen molar-refractivity contribution in [3.8, 4) is 0 Å². The summed E-state index contributed by atoms with van der Waals surface area (Å²) in [4.78, 5) is 65.6. The van der Waals surface area contributed by atoms with Crippen LogP contribution >= 0.6 is 11.8 Å². The predicted molar refractivity (Wildman–Crippen MR) is 195 cm³/mol. The molecule has 51 heavy (non-hydrogen) atoms. The van der Waals surface area contributed by atoms with Gasteiger partial charge in [-0.15, -0.1) is 0 Å². The van der Waals surface area contributed by atoms with Gasteiger partial charge in [-0.2, -0.15) is 29.5 Å². The number of aromatic nitrogens is 4. The molecule has 0 aromatic carbocycles. The van der Waals surface area contributed by atoms with Crippen LogP contribution in [0.1, 0.15) is 61.0 Å². The van der Waals surface area contributed by atoms with E-state index in [0.717, 1.165) is 41.4 Å². The highest BCUT2D eigenvalue weighted by atomic mass is 32.2. The van der Waals surface area contributed by atoms with Crippen LogP contribution in [0.3, 0.4) is 0 Å². The molecule has 2 amide bonds. The number of nitrogens with zero attached hydrogens (tertiary/aromatic N) is 6. The highest BCUT2D eigenvalue weighted by Crippen LogP contribution is 2.32. The summed E-state index contributed by atoms with van der Waals surface area (Å²) in [5, 5.41) is 6.31. The molecule has 2 aliphatic rings. The molecular weight excluding hydrogens is 701 g/mol. The van der Waals surface area contributed by atoms with Gasteiger partial charge in [-0.25, -0.2) is 19.5 Å². The second kappa shape index (κ2) is 16.8. The number of rotatable bonds is 14. The molecule has 1 saturated carbocycles. The fraction of sp³-hybridized carbons (Fsp3) is 0.531. The van der Waals surface area contributed by atoms with E-state index in [2.05, 4.69) is 20.6 Å². The predicted octanol–water partition coefficient (Wildman–Crippen LogP) is 1.85. The van der Waals surface area contributed by atoms with Crippen LogP contribution in [0.2, 0.25) is 0 Å². The summed E-state index contributed by atoms with van der Waals surface area (Å²) >= 11 is 1.58. The number of piperazine rings is 1. The Kier molecular flexibility index (Phi) is 12.5. The van der Waals surface area contributed by atoms with Gasteiger partial charge in [-0.05, 0) is 62.8 Å². The topological polar surface area (TPSA) is 224 Å². The van der Waals surface area contributed by atoms with Crippen LogP contribution in [0.5, 0.6) is 0 Å². The molecular formula is C32H44N10O7S2. The Morgan fingerprint density at radius 2 is 1.82 bits per heavy atom. The number of fused-ring (bicyclic) bond motifs is 1. The maximum absolute atomic E-state index is 13.5. The number of carbonyl (C=O) groups excluding carboxylic acids is 3. The van der Waals surface area contributed by atoms with Gasteiger partial charge in [0.1, 0.15) is 18.1 Å². The molecule has 0 unspecified atom stereocenters. The lowest BCUT2D eigenvalue weighted by molar-refractivity contribution is -0.122. The number of aryl methyl sites for hydroxylation is 1. The molecule has 5 rings (SSSR count). The van der Waals surface area contributed by atoms with Gasteiger partial charge in [0.25, 0.3) is 5.56 Å². The minimum absolute atomic E-state index is 0.000930. The Hall–Kier alpha value is -4.33. The van der Waals surface area contributed by atoms with Crippen LogP contribution in [0, 0.1) is 6.92 Å². The van der Waals surface area contributed by atoms with Crippen LogP contribution in [-0.4, -0.2) is 107 Å². The zero-order valence-electron chi connectivity index (χ0n) is 28.9. The van der Waals surface area contributed by atoms with Gasteiger partial charge >= 0.3 is 16.3 Å². The van der Waals surface area contributed by atoms with Gasteiger partial charge in [0.05, 0.1) is 30.0 Å². The Morgan fingerprint density at radius 3 is 2.47 bits per heavy atom. The van der Waals surface area contributed by atoms with Gasteiger partial charge in [0.2, 0.25) is 11.9 Å². The second-order valence-corrected chi connectivity index (χ2v) is 15.1. The number of hydrogen-bond donors (Lipinski definition) is 4. The molecule has 3 aromatic heterocycles. The summed E-state index contributed by atoms with van der Waals surface area (Å²) in [5.41, 5.74) is 7.44. The standard InChI is InChI=1S/C32H44N10O7S2/c1-20-24-19-36-31(38-28(24)42(22-6-4-5-7-22)30(45)27(20)21(2)43)37-26-9-8-23(18-35-26)40-12-14-41(15-13-40)51(47,48)39-32(46)49-16-11-34-29(44)25(33)10-17-50-3/h8-9,18-19,22,25H,4-7,10-17,33H2,1-3H3,(H,34,44)(H,39,46)(H,35,36,37,38)/t25-/m0/s1. The maximum Gasteiger partial charge on any atom is 0.421 e. The number of ether oxygens (including phenoxy) is 1. The SMILES string of the molecule is CSCC[C@H](N)C(=O)NCCOC(=O)NS(=O)(=O)N1CCN(c2ccc(Nc3ncc4c(C)c(C(C)=O)c(=O)n(C5CCCC5)c4n3)nc2)CC1. The summed E-state index contributed by atoms with van der Waals surface area (Å²) in [6.45, 7) is 3.86.